The summed E-state index contributed by atoms with van der Waals surface area (Å²) < 4.78 is 0. The molecule has 2 nitrogen and oxygen atoms in total. The highest BCUT2D eigenvalue weighted by atomic mass is 35.5. The fourth-order valence-electron chi connectivity index (χ4n) is 1.70. The second-order valence-electron chi connectivity index (χ2n) is 3.55. The van der Waals surface area contributed by atoms with Crippen molar-refractivity contribution in [1.29, 1.82) is 0 Å². The van der Waals surface area contributed by atoms with Gasteiger partial charge in [-0.1, -0.05) is 18.0 Å². The van der Waals surface area contributed by atoms with Gasteiger partial charge in [0, 0.05) is 11.9 Å². The summed E-state index contributed by atoms with van der Waals surface area (Å²) in [6.45, 7) is 0. The van der Waals surface area contributed by atoms with Gasteiger partial charge in [0.05, 0.1) is 0 Å². The lowest BCUT2D eigenvalue weighted by molar-refractivity contribution is 0.667. The third-order valence-corrected chi connectivity index (χ3v) is 2.74. The SMILES string of the molecule is Clc1ncccc1N=C1CCCCC1. The lowest BCUT2D eigenvalue weighted by atomic mass is 9.98. The van der Waals surface area contributed by atoms with Gasteiger partial charge in [-0.3, -0.25) is 4.99 Å². The van der Waals surface area contributed by atoms with Crippen LogP contribution < -0.4 is 0 Å². The van der Waals surface area contributed by atoms with Crippen LogP contribution in [0.5, 0.6) is 0 Å². The molecular formula is C11H13ClN2. The Morgan fingerprint density at radius 1 is 1.21 bits per heavy atom. The highest BCUT2D eigenvalue weighted by Crippen LogP contribution is 2.24. The monoisotopic (exact) mass is 208 g/mol. The summed E-state index contributed by atoms with van der Waals surface area (Å²) in [5, 5.41) is 0.505. The minimum absolute atomic E-state index is 0.505. The van der Waals surface area contributed by atoms with Crippen LogP contribution in [-0.2, 0) is 0 Å². The molecule has 0 atom stereocenters. The highest BCUT2D eigenvalue weighted by molar-refractivity contribution is 6.31. The summed E-state index contributed by atoms with van der Waals surface area (Å²) in [4.78, 5) is 8.54. The molecule has 74 valence electrons. The van der Waals surface area contributed by atoms with Crippen molar-refractivity contribution in [3.8, 4) is 0 Å². The third-order valence-electron chi connectivity index (χ3n) is 2.45. The van der Waals surface area contributed by atoms with E-state index in [0.717, 1.165) is 18.5 Å². The third kappa shape index (κ3) is 2.32. The fraction of sp³-hybridized carbons (Fsp3) is 0.455. The molecule has 0 saturated heterocycles. The molecule has 0 aliphatic heterocycles. The van der Waals surface area contributed by atoms with Gasteiger partial charge in [-0.25, -0.2) is 4.98 Å². The van der Waals surface area contributed by atoms with E-state index in [1.165, 1.54) is 25.0 Å². The standard InChI is InChI=1S/C11H13ClN2/c12-11-10(7-4-8-13-11)14-9-5-2-1-3-6-9/h4,7-8H,1-3,5-6H2. The predicted molar refractivity (Wildman–Crippen MR) is 59.4 cm³/mol. The van der Waals surface area contributed by atoms with Crippen LogP contribution in [0.15, 0.2) is 23.3 Å². The molecule has 0 N–H and O–H groups in total. The number of aromatic nitrogens is 1. The van der Waals surface area contributed by atoms with Crippen LogP contribution in [0.25, 0.3) is 0 Å². The van der Waals surface area contributed by atoms with Crippen LogP contribution in [0.2, 0.25) is 5.15 Å². The number of hydrogen-bond donors (Lipinski definition) is 0. The maximum atomic E-state index is 5.93. The molecule has 1 heterocycles. The van der Waals surface area contributed by atoms with Gasteiger partial charge in [-0.05, 0) is 37.8 Å². The molecular weight excluding hydrogens is 196 g/mol. The Morgan fingerprint density at radius 3 is 2.71 bits per heavy atom. The Bertz CT molecular complexity index is 339. The molecule has 0 amide bonds. The highest BCUT2D eigenvalue weighted by Gasteiger charge is 2.07. The van der Waals surface area contributed by atoms with E-state index < -0.39 is 0 Å². The zero-order valence-corrected chi connectivity index (χ0v) is 8.80. The van der Waals surface area contributed by atoms with Gasteiger partial charge in [0.1, 0.15) is 5.69 Å². The van der Waals surface area contributed by atoms with Crippen molar-refractivity contribution in [3.63, 3.8) is 0 Å². The van der Waals surface area contributed by atoms with Gasteiger partial charge in [0.2, 0.25) is 0 Å². The molecule has 14 heavy (non-hydrogen) atoms. The minimum atomic E-state index is 0.505. The van der Waals surface area contributed by atoms with Crippen molar-refractivity contribution in [1.82, 2.24) is 4.98 Å². The topological polar surface area (TPSA) is 25.2 Å². The summed E-state index contributed by atoms with van der Waals surface area (Å²) in [7, 11) is 0. The molecule has 1 aliphatic rings. The van der Waals surface area contributed by atoms with E-state index in [0.29, 0.717) is 5.15 Å². The molecule has 3 heteroatoms. The largest absolute Gasteiger partial charge is 0.255 e. The van der Waals surface area contributed by atoms with Gasteiger partial charge < -0.3 is 0 Å². The van der Waals surface area contributed by atoms with E-state index in [2.05, 4.69) is 9.98 Å². The molecule has 2 rings (SSSR count). The van der Waals surface area contributed by atoms with E-state index in [-0.39, 0.29) is 0 Å². The van der Waals surface area contributed by atoms with E-state index in [9.17, 15) is 0 Å². The van der Waals surface area contributed by atoms with Crippen molar-refractivity contribution >= 4 is 23.0 Å². The summed E-state index contributed by atoms with van der Waals surface area (Å²) >= 11 is 5.93. The van der Waals surface area contributed by atoms with Gasteiger partial charge >= 0.3 is 0 Å². The van der Waals surface area contributed by atoms with E-state index in [4.69, 9.17) is 11.6 Å². The van der Waals surface area contributed by atoms with E-state index >= 15 is 0 Å². The van der Waals surface area contributed by atoms with Crippen LogP contribution in [0.4, 0.5) is 5.69 Å². The molecule has 0 aromatic carbocycles. The first-order valence-corrected chi connectivity index (χ1v) is 5.41. The van der Waals surface area contributed by atoms with Crippen molar-refractivity contribution < 1.29 is 0 Å². The van der Waals surface area contributed by atoms with Crippen LogP contribution in [-0.4, -0.2) is 10.7 Å². The number of aliphatic imine (C=N–C) groups is 1. The number of nitrogens with zero attached hydrogens (tertiary/aromatic N) is 2. The fourth-order valence-corrected chi connectivity index (χ4v) is 1.86. The zero-order valence-electron chi connectivity index (χ0n) is 8.04. The summed E-state index contributed by atoms with van der Waals surface area (Å²) in [5.74, 6) is 0. The Morgan fingerprint density at radius 2 is 2.00 bits per heavy atom. The molecule has 1 aliphatic carbocycles. The molecule has 0 spiro atoms. The quantitative estimate of drug-likeness (QED) is 0.645. The number of halogens is 1. The number of rotatable bonds is 1. The molecule has 0 unspecified atom stereocenters. The molecule has 1 aromatic rings. The van der Waals surface area contributed by atoms with Crippen LogP contribution >= 0.6 is 11.6 Å². The molecule has 1 fully saturated rings. The van der Waals surface area contributed by atoms with Crippen molar-refractivity contribution in [2.75, 3.05) is 0 Å². The normalized spacial score (nSPS) is 16.8. The molecule has 1 aromatic heterocycles. The van der Waals surface area contributed by atoms with Crippen molar-refractivity contribution in [2.24, 2.45) is 4.99 Å². The second-order valence-corrected chi connectivity index (χ2v) is 3.91. The summed E-state index contributed by atoms with van der Waals surface area (Å²) in [6.07, 6.45) is 7.77. The Kier molecular flexibility index (Phi) is 3.14. The van der Waals surface area contributed by atoms with Crippen molar-refractivity contribution in [3.05, 3.63) is 23.5 Å². The van der Waals surface area contributed by atoms with Gasteiger partial charge in [-0.15, -0.1) is 0 Å². The van der Waals surface area contributed by atoms with Crippen LogP contribution in [0.1, 0.15) is 32.1 Å². The molecule has 0 radical (unpaired) electrons. The second kappa shape index (κ2) is 4.56. The first-order chi connectivity index (χ1) is 6.86. The van der Waals surface area contributed by atoms with Gasteiger partial charge in [-0.2, -0.15) is 0 Å². The lowest BCUT2D eigenvalue weighted by Gasteiger charge is -2.12. The first-order valence-electron chi connectivity index (χ1n) is 5.03. The Hall–Kier alpha value is -0.890. The lowest BCUT2D eigenvalue weighted by Crippen LogP contribution is -2.03. The zero-order chi connectivity index (χ0) is 9.80. The van der Waals surface area contributed by atoms with E-state index in [1.54, 1.807) is 6.20 Å². The van der Waals surface area contributed by atoms with Crippen molar-refractivity contribution in [2.45, 2.75) is 32.1 Å². The molecule has 1 saturated carbocycles. The molecule has 0 bridgehead atoms. The average molecular weight is 209 g/mol. The summed E-state index contributed by atoms with van der Waals surface area (Å²) in [5.41, 5.74) is 2.08. The number of hydrogen-bond acceptors (Lipinski definition) is 2. The Balaban J connectivity index is 2.19. The maximum absolute atomic E-state index is 5.93. The Labute approximate surface area is 89.0 Å². The van der Waals surface area contributed by atoms with E-state index in [1.807, 2.05) is 12.1 Å². The maximum Gasteiger partial charge on any atom is 0.154 e. The van der Waals surface area contributed by atoms with Gasteiger partial charge in [0.25, 0.3) is 0 Å². The smallest absolute Gasteiger partial charge is 0.154 e. The summed E-state index contributed by atoms with van der Waals surface area (Å²) in [6, 6.07) is 3.78. The average Bonchev–Trinajstić information content (AvgIpc) is 2.23. The predicted octanol–water partition coefficient (Wildman–Crippen LogP) is 3.77. The van der Waals surface area contributed by atoms with Crippen LogP contribution in [0, 0.1) is 0 Å². The van der Waals surface area contributed by atoms with Crippen LogP contribution in [0.3, 0.4) is 0 Å². The number of pyridine rings is 1. The van der Waals surface area contributed by atoms with Gasteiger partial charge in [0.15, 0.2) is 5.15 Å². The first kappa shape index (κ1) is 9.66. The minimum Gasteiger partial charge on any atom is -0.255 e.